The van der Waals surface area contributed by atoms with Gasteiger partial charge in [-0.15, -0.1) is 0 Å². The number of nitrogens with one attached hydrogen (secondary N) is 1. The number of unbranched alkanes of at least 4 members (excludes halogenated alkanes) is 1. The minimum Gasteiger partial charge on any atom is -0.427 e. The van der Waals surface area contributed by atoms with Gasteiger partial charge in [0.1, 0.15) is 5.82 Å². The van der Waals surface area contributed by atoms with E-state index in [4.69, 9.17) is 15.4 Å². The smallest absolute Gasteiger partial charge is 0.330 e. The molecule has 1 radical (unpaired) electrons. The van der Waals surface area contributed by atoms with Crippen LogP contribution in [0.2, 0.25) is 0 Å². The van der Waals surface area contributed by atoms with Crippen molar-refractivity contribution in [2.45, 2.75) is 58.2 Å². The Hall–Kier alpha value is -2.67. The fraction of sp³-hybridized carbons (Fsp3) is 0.370. The molecule has 4 rings (SSSR count). The third kappa shape index (κ3) is 5.30. The Morgan fingerprint density at radius 2 is 1.64 bits per heavy atom. The third-order valence-corrected chi connectivity index (χ3v) is 6.56. The van der Waals surface area contributed by atoms with E-state index >= 15 is 0 Å². The van der Waals surface area contributed by atoms with Gasteiger partial charge >= 0.3 is 7.48 Å². The van der Waals surface area contributed by atoms with Crippen LogP contribution in [0, 0.1) is 0 Å². The van der Waals surface area contributed by atoms with Gasteiger partial charge in [-0.05, 0) is 87.2 Å². The van der Waals surface area contributed by atoms with Crippen LogP contribution in [-0.2, 0) is 11.1 Å². The van der Waals surface area contributed by atoms with E-state index in [1.54, 1.807) is 21.3 Å². The van der Waals surface area contributed by atoms with Crippen molar-refractivity contribution in [1.29, 1.82) is 0 Å². The van der Waals surface area contributed by atoms with Gasteiger partial charge in [0, 0.05) is 6.42 Å². The van der Waals surface area contributed by atoms with Gasteiger partial charge in [0.05, 0.1) is 22.2 Å². The molecule has 1 heterocycles. The van der Waals surface area contributed by atoms with E-state index in [-0.39, 0.29) is 0 Å². The van der Waals surface area contributed by atoms with E-state index in [1.165, 1.54) is 10.9 Å². The van der Waals surface area contributed by atoms with Crippen molar-refractivity contribution in [3.05, 3.63) is 60.4 Å². The van der Waals surface area contributed by atoms with Gasteiger partial charge < -0.3 is 20.5 Å². The molecule has 4 N–H and O–H groups in total. The molecule has 3 aromatic carbocycles. The molecule has 1 aromatic heterocycles. The van der Waals surface area contributed by atoms with Gasteiger partial charge in [0.2, 0.25) is 0 Å². The number of nitrogens with two attached hydrogens (primary N) is 1. The first-order chi connectivity index (χ1) is 15.7. The predicted molar refractivity (Wildman–Crippen MR) is 138 cm³/mol. The zero-order valence-electron chi connectivity index (χ0n) is 20.0. The van der Waals surface area contributed by atoms with Crippen LogP contribution in [0.4, 0.5) is 0 Å². The maximum absolute atomic E-state index is 10.3. The normalized spacial score (nSPS) is 12.5. The molecule has 4 aromatic rings. The van der Waals surface area contributed by atoms with Crippen molar-refractivity contribution in [3.63, 3.8) is 0 Å². The molecule has 6 heteroatoms. The molecule has 0 aliphatic heterocycles. The summed E-state index contributed by atoms with van der Waals surface area (Å²) in [5.74, 6) is 1.02. The van der Waals surface area contributed by atoms with Crippen LogP contribution >= 0.6 is 0 Å². The van der Waals surface area contributed by atoms with Gasteiger partial charge in [0.15, 0.2) is 0 Å². The lowest BCUT2D eigenvalue weighted by Crippen LogP contribution is -2.49. The van der Waals surface area contributed by atoms with Crippen molar-refractivity contribution in [1.82, 2.24) is 9.97 Å². The summed E-state index contributed by atoms with van der Waals surface area (Å²) >= 11 is 0. The maximum atomic E-state index is 10.3. The average molecular weight is 442 g/mol. The topological polar surface area (TPSA) is 84.2 Å². The number of hydrogen-bond donors (Lipinski definition) is 3. The van der Waals surface area contributed by atoms with E-state index < -0.39 is 11.2 Å². The zero-order valence-corrected chi connectivity index (χ0v) is 20.0. The van der Waals surface area contributed by atoms with E-state index in [9.17, 15) is 5.11 Å². The Morgan fingerprint density at radius 3 is 2.39 bits per heavy atom. The fourth-order valence-electron chi connectivity index (χ4n) is 3.67. The Morgan fingerprint density at radius 1 is 0.939 bits per heavy atom. The van der Waals surface area contributed by atoms with E-state index in [0.717, 1.165) is 59.1 Å². The Bertz CT molecular complexity index is 1260. The molecule has 171 valence electrons. The monoisotopic (exact) mass is 442 g/mol. The fourth-order valence-corrected chi connectivity index (χ4v) is 3.67. The van der Waals surface area contributed by atoms with Crippen LogP contribution in [0.3, 0.4) is 0 Å². The molecular weight excluding hydrogens is 409 g/mol. The number of aliphatic hydroxyl groups is 1. The quantitative estimate of drug-likeness (QED) is 0.264. The number of benzene rings is 3. The number of nitrogens with zero attached hydrogens (tertiary/aromatic N) is 1. The molecule has 0 amide bonds. The van der Waals surface area contributed by atoms with Crippen molar-refractivity contribution in [2.75, 3.05) is 6.54 Å². The molecule has 0 spiro atoms. The van der Waals surface area contributed by atoms with E-state index in [1.807, 2.05) is 19.9 Å². The first-order valence-corrected chi connectivity index (χ1v) is 11.6. The molecule has 0 unspecified atom stereocenters. The van der Waals surface area contributed by atoms with Crippen LogP contribution in [0.1, 0.15) is 46.4 Å². The highest BCUT2D eigenvalue weighted by Crippen LogP contribution is 2.27. The van der Waals surface area contributed by atoms with Crippen LogP contribution in [0.25, 0.3) is 32.9 Å². The lowest BCUT2D eigenvalue weighted by Gasteiger charge is -2.37. The summed E-state index contributed by atoms with van der Waals surface area (Å²) in [7, 11) is 1.72. The molecule has 0 saturated carbocycles. The summed E-state index contributed by atoms with van der Waals surface area (Å²) < 4.78 is 5.91. The molecule has 33 heavy (non-hydrogen) atoms. The maximum Gasteiger partial charge on any atom is 0.330 e. The first kappa shape index (κ1) is 23.5. The minimum atomic E-state index is -0.948. The second-order valence-corrected chi connectivity index (χ2v) is 9.79. The van der Waals surface area contributed by atoms with Gasteiger partial charge in [-0.25, -0.2) is 4.98 Å². The predicted octanol–water partition coefficient (Wildman–Crippen LogP) is 4.48. The van der Waals surface area contributed by atoms with Crippen molar-refractivity contribution in [3.8, 4) is 11.1 Å². The molecule has 5 nitrogen and oxygen atoms in total. The van der Waals surface area contributed by atoms with Crippen LogP contribution in [0.5, 0.6) is 0 Å². The number of aromatic amines is 1. The van der Waals surface area contributed by atoms with Gasteiger partial charge in [-0.2, -0.15) is 0 Å². The highest BCUT2D eigenvalue weighted by atomic mass is 16.5. The number of H-pyrrole nitrogens is 1. The molecule has 0 saturated heterocycles. The number of fused-ring (bicyclic) bond motifs is 2. The highest BCUT2D eigenvalue weighted by Gasteiger charge is 2.35. The second kappa shape index (κ2) is 9.30. The van der Waals surface area contributed by atoms with E-state index in [0.29, 0.717) is 0 Å². The molecular formula is C27H33BN3O2. The highest BCUT2D eigenvalue weighted by molar-refractivity contribution is 6.47. The first-order valence-electron chi connectivity index (χ1n) is 11.6. The number of aromatic nitrogens is 2. The summed E-state index contributed by atoms with van der Waals surface area (Å²) in [5, 5.41) is 12.6. The van der Waals surface area contributed by atoms with Gasteiger partial charge in [-0.3, -0.25) is 0 Å². The Kier molecular flexibility index (Phi) is 6.62. The third-order valence-electron chi connectivity index (χ3n) is 6.56. The zero-order chi connectivity index (χ0) is 23.6. The van der Waals surface area contributed by atoms with Crippen molar-refractivity contribution >= 4 is 34.8 Å². The average Bonchev–Trinajstić information content (AvgIpc) is 3.18. The summed E-state index contributed by atoms with van der Waals surface area (Å²) in [5.41, 5.74) is 9.31. The molecule has 0 aliphatic carbocycles. The summed E-state index contributed by atoms with van der Waals surface area (Å²) in [6.07, 6.45) is 2.99. The van der Waals surface area contributed by atoms with Crippen LogP contribution in [-0.4, -0.2) is 40.3 Å². The standard InChI is InChI=1S/C27H33BN3O2/c1-26(2,32)27(3,4)33-28-22-12-10-19-15-18(8-9-20(19)16-22)21-11-13-23-24(17-21)31-25(30-23)7-5-6-14-29/h8-13,15-17,32H,5-7,14,29H2,1-4H3,(H,30,31). The lowest BCUT2D eigenvalue weighted by molar-refractivity contribution is -0.0893. The van der Waals surface area contributed by atoms with E-state index in [2.05, 4.69) is 53.5 Å². The summed E-state index contributed by atoms with van der Waals surface area (Å²) in [6, 6.07) is 19.1. The van der Waals surface area contributed by atoms with Gasteiger partial charge in [-0.1, -0.05) is 41.9 Å². The van der Waals surface area contributed by atoms with Gasteiger partial charge in [0.25, 0.3) is 0 Å². The minimum absolute atomic E-state index is 0.693. The number of imidazole rings is 1. The number of aryl methyl sites for hydroxylation is 1. The number of rotatable bonds is 9. The molecule has 0 fully saturated rings. The molecule has 0 bridgehead atoms. The van der Waals surface area contributed by atoms with Crippen molar-refractivity contribution in [2.24, 2.45) is 5.73 Å². The largest absolute Gasteiger partial charge is 0.427 e. The van der Waals surface area contributed by atoms with Crippen LogP contribution in [0.15, 0.2) is 54.6 Å². The second-order valence-electron chi connectivity index (χ2n) is 9.79. The summed E-state index contributed by atoms with van der Waals surface area (Å²) in [6.45, 7) is 8.00. The molecule has 0 atom stereocenters. The SMILES string of the molecule is CC(C)(O)C(C)(C)O[B]c1ccc2cc(-c3ccc4nc(CCCCN)[nH]c4c3)ccc2c1. The molecule has 0 aliphatic rings. The summed E-state index contributed by atoms with van der Waals surface area (Å²) in [4.78, 5) is 8.16. The van der Waals surface area contributed by atoms with Crippen molar-refractivity contribution < 1.29 is 9.76 Å². The Balaban J connectivity index is 1.53. The van der Waals surface area contributed by atoms with Crippen LogP contribution < -0.4 is 11.2 Å². The Labute approximate surface area is 196 Å². The lowest BCUT2D eigenvalue weighted by atomic mass is 9.82. The number of hydrogen-bond acceptors (Lipinski definition) is 4.